The summed E-state index contributed by atoms with van der Waals surface area (Å²) in [6.07, 6.45) is 4.34. The summed E-state index contributed by atoms with van der Waals surface area (Å²) < 4.78 is 21.8. The SMILES string of the molecule is N#CC1(c2ccccc2)CC(=Cc2ccc3c(c2)OCO3)C(=O)C(=Cc2ccc3c(c2)OCO3)C1. The lowest BCUT2D eigenvalue weighted by molar-refractivity contribution is -0.113. The molecule has 2 heterocycles. The van der Waals surface area contributed by atoms with Gasteiger partial charge in [-0.3, -0.25) is 4.79 Å². The zero-order valence-corrected chi connectivity index (χ0v) is 18.8. The first-order chi connectivity index (χ1) is 17.1. The standard InChI is InChI=1S/C29H21NO5/c30-16-29(23-4-2-1-3-5-23)14-21(10-19-6-8-24-26(12-19)34-17-32-24)28(31)22(15-29)11-20-7-9-25-27(13-20)35-18-33-25/h1-13H,14-15,17-18H2. The maximum atomic E-state index is 13.7. The van der Waals surface area contributed by atoms with Crippen molar-refractivity contribution in [2.24, 2.45) is 0 Å². The number of carbonyl (C=O) groups excluding carboxylic acids is 1. The Labute approximate surface area is 202 Å². The summed E-state index contributed by atoms with van der Waals surface area (Å²) in [6.45, 7) is 0.366. The number of nitrogens with zero attached hydrogens (tertiary/aromatic N) is 1. The van der Waals surface area contributed by atoms with Crippen LogP contribution < -0.4 is 18.9 Å². The smallest absolute Gasteiger partial charge is 0.231 e. The van der Waals surface area contributed by atoms with Gasteiger partial charge in [-0.1, -0.05) is 42.5 Å². The summed E-state index contributed by atoms with van der Waals surface area (Å²) in [5.74, 6) is 2.59. The van der Waals surface area contributed by atoms with E-state index >= 15 is 0 Å². The largest absolute Gasteiger partial charge is 0.454 e. The van der Waals surface area contributed by atoms with Crippen LogP contribution in [0, 0.1) is 11.3 Å². The normalized spacial score (nSPS) is 22.4. The predicted octanol–water partition coefficient (Wildman–Crippen LogP) is 5.44. The van der Waals surface area contributed by atoms with Crippen LogP contribution in [0.5, 0.6) is 23.0 Å². The number of hydrogen-bond donors (Lipinski definition) is 0. The second-order valence-corrected chi connectivity index (χ2v) is 8.81. The molecular weight excluding hydrogens is 442 g/mol. The number of ketones is 1. The number of fused-ring (bicyclic) bond motifs is 2. The fourth-order valence-electron chi connectivity index (χ4n) is 4.83. The van der Waals surface area contributed by atoms with Gasteiger partial charge in [0.15, 0.2) is 28.8 Å². The molecule has 0 N–H and O–H groups in total. The first-order valence-electron chi connectivity index (χ1n) is 11.4. The van der Waals surface area contributed by atoms with Gasteiger partial charge < -0.3 is 18.9 Å². The molecule has 1 aliphatic carbocycles. The molecule has 0 bridgehead atoms. The Balaban J connectivity index is 1.45. The van der Waals surface area contributed by atoms with E-state index in [-0.39, 0.29) is 19.4 Å². The third-order valence-electron chi connectivity index (χ3n) is 6.58. The molecule has 3 aliphatic rings. The minimum Gasteiger partial charge on any atom is -0.454 e. The van der Waals surface area contributed by atoms with Crippen molar-refractivity contribution in [1.29, 1.82) is 5.26 Å². The van der Waals surface area contributed by atoms with Crippen molar-refractivity contribution in [3.63, 3.8) is 0 Å². The van der Waals surface area contributed by atoms with Gasteiger partial charge in [0.2, 0.25) is 13.6 Å². The van der Waals surface area contributed by atoms with Crippen molar-refractivity contribution >= 4 is 17.9 Å². The number of rotatable bonds is 3. The number of benzene rings is 3. The number of Topliss-reactive ketones (excluding diaryl/α,β-unsaturated/α-hetero) is 1. The van der Waals surface area contributed by atoms with E-state index < -0.39 is 5.41 Å². The number of nitriles is 1. The molecule has 0 aromatic heterocycles. The molecule has 1 saturated carbocycles. The van der Waals surface area contributed by atoms with Crippen molar-refractivity contribution in [1.82, 2.24) is 0 Å². The Kier molecular flexibility index (Phi) is 5.04. The molecule has 3 aromatic carbocycles. The molecule has 0 radical (unpaired) electrons. The summed E-state index contributed by atoms with van der Waals surface area (Å²) in [5.41, 5.74) is 2.83. The van der Waals surface area contributed by atoms with Crippen molar-refractivity contribution in [3.05, 3.63) is 94.6 Å². The molecule has 35 heavy (non-hydrogen) atoms. The van der Waals surface area contributed by atoms with E-state index in [2.05, 4.69) is 6.07 Å². The monoisotopic (exact) mass is 463 g/mol. The van der Waals surface area contributed by atoms with E-state index in [0.29, 0.717) is 47.0 Å². The molecule has 2 aliphatic heterocycles. The molecule has 3 aromatic rings. The maximum Gasteiger partial charge on any atom is 0.231 e. The first-order valence-corrected chi connectivity index (χ1v) is 11.4. The van der Waals surface area contributed by atoms with E-state index in [1.54, 1.807) is 0 Å². The van der Waals surface area contributed by atoms with Gasteiger partial charge in [0.1, 0.15) is 0 Å². The highest BCUT2D eigenvalue weighted by atomic mass is 16.7. The summed E-state index contributed by atoms with van der Waals surface area (Å²) in [7, 11) is 0. The van der Waals surface area contributed by atoms with Gasteiger partial charge in [0.25, 0.3) is 0 Å². The van der Waals surface area contributed by atoms with Gasteiger partial charge in [-0.15, -0.1) is 0 Å². The summed E-state index contributed by atoms with van der Waals surface area (Å²) in [4.78, 5) is 13.7. The second kappa shape index (κ2) is 8.37. The lowest BCUT2D eigenvalue weighted by Gasteiger charge is -2.33. The molecule has 172 valence electrons. The molecule has 1 fully saturated rings. The Hall–Kier alpha value is -4.50. The highest BCUT2D eigenvalue weighted by molar-refractivity contribution is 6.14. The summed E-state index contributed by atoms with van der Waals surface area (Å²) in [6, 6.07) is 23.4. The van der Waals surface area contributed by atoms with E-state index in [1.165, 1.54) is 0 Å². The van der Waals surface area contributed by atoms with Crippen LogP contribution in [0.4, 0.5) is 0 Å². The van der Waals surface area contributed by atoms with E-state index in [4.69, 9.17) is 18.9 Å². The van der Waals surface area contributed by atoms with E-state index in [9.17, 15) is 10.1 Å². The molecule has 0 spiro atoms. The predicted molar refractivity (Wildman–Crippen MR) is 129 cm³/mol. The molecule has 6 rings (SSSR count). The van der Waals surface area contributed by atoms with Crippen LogP contribution in [0.1, 0.15) is 29.5 Å². The van der Waals surface area contributed by atoms with Crippen LogP contribution in [-0.2, 0) is 10.2 Å². The van der Waals surface area contributed by atoms with Crippen LogP contribution in [0.2, 0.25) is 0 Å². The molecule has 0 unspecified atom stereocenters. The third-order valence-corrected chi connectivity index (χ3v) is 6.58. The minimum atomic E-state index is -0.862. The van der Waals surface area contributed by atoms with Crippen molar-refractivity contribution in [2.75, 3.05) is 13.6 Å². The van der Waals surface area contributed by atoms with Gasteiger partial charge >= 0.3 is 0 Å². The van der Waals surface area contributed by atoms with Crippen LogP contribution in [0.3, 0.4) is 0 Å². The Morgan fingerprint density at radius 2 is 1.23 bits per heavy atom. The molecule has 0 atom stereocenters. The lowest BCUT2D eigenvalue weighted by atomic mass is 9.66. The highest BCUT2D eigenvalue weighted by Gasteiger charge is 2.41. The first kappa shape index (κ1) is 21.1. The zero-order valence-electron chi connectivity index (χ0n) is 18.8. The van der Waals surface area contributed by atoms with Crippen molar-refractivity contribution < 1.29 is 23.7 Å². The van der Waals surface area contributed by atoms with Crippen LogP contribution in [0.15, 0.2) is 77.9 Å². The fourth-order valence-corrected chi connectivity index (χ4v) is 4.83. The molecule has 6 nitrogen and oxygen atoms in total. The average Bonchev–Trinajstić information content (AvgIpc) is 3.56. The maximum absolute atomic E-state index is 13.7. The highest BCUT2D eigenvalue weighted by Crippen LogP contribution is 2.44. The number of carbonyl (C=O) groups is 1. The van der Waals surface area contributed by atoms with Gasteiger partial charge in [-0.05, 0) is 65.9 Å². The zero-order chi connectivity index (χ0) is 23.8. The van der Waals surface area contributed by atoms with Gasteiger partial charge in [-0.25, -0.2) is 0 Å². The summed E-state index contributed by atoms with van der Waals surface area (Å²) in [5, 5.41) is 10.4. The van der Waals surface area contributed by atoms with Crippen LogP contribution in [0.25, 0.3) is 12.2 Å². The number of allylic oxidation sites excluding steroid dienone is 2. The average molecular weight is 463 g/mol. The number of hydrogen-bond acceptors (Lipinski definition) is 6. The topological polar surface area (TPSA) is 77.8 Å². The Morgan fingerprint density at radius 3 is 1.74 bits per heavy atom. The van der Waals surface area contributed by atoms with Gasteiger partial charge in [-0.2, -0.15) is 5.26 Å². The molecule has 0 amide bonds. The van der Waals surface area contributed by atoms with Crippen molar-refractivity contribution in [3.8, 4) is 29.1 Å². The van der Waals surface area contributed by atoms with Gasteiger partial charge in [0, 0.05) is 11.1 Å². The molecule has 6 heteroatoms. The molecule has 0 saturated heterocycles. The fraction of sp³-hybridized carbons (Fsp3) is 0.172. The number of ether oxygens (including phenoxy) is 4. The van der Waals surface area contributed by atoms with E-state index in [1.807, 2.05) is 78.9 Å². The quantitative estimate of drug-likeness (QED) is 0.482. The summed E-state index contributed by atoms with van der Waals surface area (Å²) >= 11 is 0. The van der Waals surface area contributed by atoms with Crippen molar-refractivity contribution in [2.45, 2.75) is 18.3 Å². The Morgan fingerprint density at radius 1 is 0.714 bits per heavy atom. The van der Waals surface area contributed by atoms with E-state index in [0.717, 1.165) is 16.7 Å². The lowest BCUT2D eigenvalue weighted by Crippen LogP contribution is -2.33. The van der Waals surface area contributed by atoms with Crippen LogP contribution >= 0.6 is 0 Å². The molecular formula is C29H21NO5. The van der Waals surface area contributed by atoms with Gasteiger partial charge in [0.05, 0.1) is 11.5 Å². The Bertz CT molecular complexity index is 1350. The second-order valence-electron chi connectivity index (χ2n) is 8.81. The minimum absolute atomic E-state index is 0.0675. The van der Waals surface area contributed by atoms with Crippen LogP contribution in [-0.4, -0.2) is 19.4 Å². The third kappa shape index (κ3) is 3.81.